The Morgan fingerprint density at radius 1 is 1.17 bits per heavy atom. The van der Waals surface area contributed by atoms with Gasteiger partial charge in [-0.15, -0.1) is 0 Å². The maximum absolute atomic E-state index is 11.6. The maximum atomic E-state index is 11.6. The van der Waals surface area contributed by atoms with Gasteiger partial charge in [0.1, 0.15) is 0 Å². The molecule has 0 spiro atoms. The number of hydrogen-bond acceptors (Lipinski definition) is 6. The Morgan fingerprint density at radius 2 is 1.79 bits per heavy atom. The number of hydrogen-bond donors (Lipinski definition) is 4. The summed E-state index contributed by atoms with van der Waals surface area (Å²) in [5.74, 6) is -0.673. The van der Waals surface area contributed by atoms with Crippen LogP contribution < -0.4 is 21.7 Å². The van der Waals surface area contributed by atoms with Crippen LogP contribution in [0.1, 0.15) is 13.8 Å². The first-order valence-electron chi connectivity index (χ1n) is 7.59. The molecule has 0 unspecified atom stereocenters. The molecule has 0 heterocycles. The smallest absolute Gasteiger partial charge is 0.269 e. The van der Waals surface area contributed by atoms with E-state index < -0.39 is 11.0 Å². The summed E-state index contributed by atoms with van der Waals surface area (Å²) in [5.41, 5.74) is 6.40. The molecule has 1 aromatic carbocycles. The van der Waals surface area contributed by atoms with Crippen molar-refractivity contribution in [1.29, 1.82) is 0 Å². The summed E-state index contributed by atoms with van der Waals surface area (Å²) >= 11 is 0. The van der Waals surface area contributed by atoms with E-state index >= 15 is 0 Å². The third-order valence-corrected chi connectivity index (χ3v) is 3.30. The van der Waals surface area contributed by atoms with E-state index in [0.717, 1.165) is 0 Å². The standard InChI is InChI=1S/C15H23N5O4/c1-10(2)14(16)15(22)19-9-13(21)18-8-7-17-11-3-5-12(6-4-11)20(23)24/h3-6,10,14,17H,7-9,16H2,1-2H3,(H,18,21)(H,19,22)/t14-/m0/s1. The van der Waals surface area contributed by atoms with E-state index in [0.29, 0.717) is 18.8 Å². The van der Waals surface area contributed by atoms with Crippen LogP contribution in [0.3, 0.4) is 0 Å². The van der Waals surface area contributed by atoms with Gasteiger partial charge in [0.05, 0.1) is 17.5 Å². The summed E-state index contributed by atoms with van der Waals surface area (Å²) in [6.45, 7) is 4.32. The molecule has 0 aliphatic carbocycles. The fourth-order valence-corrected chi connectivity index (χ4v) is 1.76. The number of amides is 2. The summed E-state index contributed by atoms with van der Waals surface area (Å²) in [5, 5.41) is 18.7. The zero-order chi connectivity index (χ0) is 18.1. The zero-order valence-corrected chi connectivity index (χ0v) is 13.7. The topological polar surface area (TPSA) is 139 Å². The van der Waals surface area contributed by atoms with Crippen molar-refractivity contribution in [3.8, 4) is 0 Å². The van der Waals surface area contributed by atoms with Gasteiger partial charge in [-0.05, 0) is 18.1 Å². The van der Waals surface area contributed by atoms with E-state index in [1.54, 1.807) is 12.1 Å². The van der Waals surface area contributed by atoms with Crippen LogP contribution in [0.15, 0.2) is 24.3 Å². The van der Waals surface area contributed by atoms with Gasteiger partial charge in [-0.25, -0.2) is 0 Å². The van der Waals surface area contributed by atoms with Crippen LogP contribution >= 0.6 is 0 Å². The summed E-state index contributed by atoms with van der Waals surface area (Å²) in [7, 11) is 0. The Labute approximate surface area is 140 Å². The Morgan fingerprint density at radius 3 is 2.33 bits per heavy atom. The van der Waals surface area contributed by atoms with Crippen molar-refractivity contribution in [3.05, 3.63) is 34.4 Å². The summed E-state index contributed by atoms with van der Waals surface area (Å²) in [6.07, 6.45) is 0. The second-order valence-corrected chi connectivity index (χ2v) is 5.57. The van der Waals surface area contributed by atoms with E-state index in [-0.39, 0.29) is 30.0 Å². The van der Waals surface area contributed by atoms with Crippen LogP contribution in [0.25, 0.3) is 0 Å². The summed E-state index contributed by atoms with van der Waals surface area (Å²) in [6, 6.07) is 5.34. The molecule has 24 heavy (non-hydrogen) atoms. The Kier molecular flexibility index (Phi) is 7.63. The molecule has 0 saturated heterocycles. The number of nitro groups is 1. The van der Waals surface area contributed by atoms with E-state index in [1.165, 1.54) is 12.1 Å². The number of nitrogens with zero attached hydrogens (tertiary/aromatic N) is 1. The third kappa shape index (κ3) is 6.61. The molecule has 0 aliphatic rings. The van der Waals surface area contributed by atoms with E-state index in [2.05, 4.69) is 16.0 Å². The molecule has 1 atom stereocenters. The third-order valence-electron chi connectivity index (χ3n) is 3.30. The van der Waals surface area contributed by atoms with E-state index in [1.807, 2.05) is 13.8 Å². The highest BCUT2D eigenvalue weighted by Crippen LogP contribution is 2.14. The Balaban J connectivity index is 2.21. The Bertz CT molecular complexity index is 574. The molecule has 132 valence electrons. The van der Waals surface area contributed by atoms with Crippen LogP contribution in [0.2, 0.25) is 0 Å². The normalized spacial score (nSPS) is 11.7. The molecule has 0 radical (unpaired) electrons. The number of nitrogens with one attached hydrogen (secondary N) is 3. The average Bonchev–Trinajstić information content (AvgIpc) is 2.56. The van der Waals surface area contributed by atoms with Crippen molar-refractivity contribution < 1.29 is 14.5 Å². The predicted molar refractivity (Wildman–Crippen MR) is 90.4 cm³/mol. The number of anilines is 1. The molecule has 1 rings (SSSR count). The molecule has 0 saturated carbocycles. The molecule has 0 bridgehead atoms. The minimum Gasteiger partial charge on any atom is -0.383 e. The maximum Gasteiger partial charge on any atom is 0.269 e. The number of carbonyl (C=O) groups excluding carboxylic acids is 2. The van der Waals surface area contributed by atoms with Crippen molar-refractivity contribution in [2.45, 2.75) is 19.9 Å². The van der Waals surface area contributed by atoms with Crippen molar-refractivity contribution in [1.82, 2.24) is 10.6 Å². The summed E-state index contributed by atoms with van der Waals surface area (Å²) in [4.78, 5) is 33.3. The second-order valence-electron chi connectivity index (χ2n) is 5.57. The largest absolute Gasteiger partial charge is 0.383 e. The highest BCUT2D eigenvalue weighted by Gasteiger charge is 2.17. The molecular formula is C15H23N5O4. The Hall–Kier alpha value is -2.68. The fraction of sp³-hybridized carbons (Fsp3) is 0.467. The van der Waals surface area contributed by atoms with Gasteiger partial charge in [0, 0.05) is 30.9 Å². The lowest BCUT2D eigenvalue weighted by Gasteiger charge is -2.15. The second kappa shape index (κ2) is 9.46. The van der Waals surface area contributed by atoms with Gasteiger partial charge in [-0.2, -0.15) is 0 Å². The number of carbonyl (C=O) groups is 2. The van der Waals surface area contributed by atoms with Crippen molar-refractivity contribution in [3.63, 3.8) is 0 Å². The molecule has 9 nitrogen and oxygen atoms in total. The SMILES string of the molecule is CC(C)[C@H](N)C(=O)NCC(=O)NCCNc1ccc([N+](=O)[O-])cc1. The lowest BCUT2D eigenvalue weighted by molar-refractivity contribution is -0.384. The van der Waals surface area contributed by atoms with E-state index in [4.69, 9.17) is 5.73 Å². The minimum absolute atomic E-state index is 0.000965. The van der Waals surface area contributed by atoms with Crippen LogP contribution in [0.5, 0.6) is 0 Å². The van der Waals surface area contributed by atoms with Crippen molar-refractivity contribution >= 4 is 23.2 Å². The lowest BCUT2D eigenvalue weighted by Crippen LogP contribution is -2.47. The minimum atomic E-state index is -0.637. The number of rotatable bonds is 9. The average molecular weight is 337 g/mol. The van der Waals surface area contributed by atoms with Gasteiger partial charge in [0.25, 0.3) is 5.69 Å². The quantitative estimate of drug-likeness (QED) is 0.289. The molecule has 1 aromatic rings. The van der Waals surface area contributed by atoms with Gasteiger partial charge in [0.15, 0.2) is 0 Å². The van der Waals surface area contributed by atoms with E-state index in [9.17, 15) is 19.7 Å². The van der Waals surface area contributed by atoms with Crippen LogP contribution in [-0.4, -0.2) is 42.4 Å². The number of non-ortho nitro benzene ring substituents is 1. The molecule has 0 aliphatic heterocycles. The molecule has 0 aromatic heterocycles. The predicted octanol–water partition coefficient (Wildman–Crippen LogP) is 0.222. The highest BCUT2D eigenvalue weighted by atomic mass is 16.6. The van der Waals surface area contributed by atoms with Gasteiger partial charge in [-0.3, -0.25) is 19.7 Å². The van der Waals surface area contributed by atoms with Gasteiger partial charge in [-0.1, -0.05) is 13.8 Å². The van der Waals surface area contributed by atoms with Crippen LogP contribution in [0.4, 0.5) is 11.4 Å². The highest BCUT2D eigenvalue weighted by molar-refractivity contribution is 5.87. The molecule has 9 heteroatoms. The van der Waals surface area contributed by atoms with Crippen LogP contribution in [0, 0.1) is 16.0 Å². The first kappa shape index (κ1) is 19.4. The zero-order valence-electron chi connectivity index (χ0n) is 13.7. The molecular weight excluding hydrogens is 314 g/mol. The molecule has 0 fully saturated rings. The first-order valence-corrected chi connectivity index (χ1v) is 7.59. The lowest BCUT2D eigenvalue weighted by atomic mass is 10.1. The van der Waals surface area contributed by atoms with Gasteiger partial charge in [0.2, 0.25) is 11.8 Å². The van der Waals surface area contributed by atoms with Crippen molar-refractivity contribution in [2.75, 3.05) is 25.0 Å². The summed E-state index contributed by atoms with van der Waals surface area (Å²) < 4.78 is 0. The number of nitro benzene ring substituents is 1. The number of benzene rings is 1. The van der Waals surface area contributed by atoms with Gasteiger partial charge < -0.3 is 21.7 Å². The van der Waals surface area contributed by atoms with Gasteiger partial charge >= 0.3 is 0 Å². The monoisotopic (exact) mass is 337 g/mol. The van der Waals surface area contributed by atoms with Crippen LogP contribution in [-0.2, 0) is 9.59 Å². The fourth-order valence-electron chi connectivity index (χ4n) is 1.76. The van der Waals surface area contributed by atoms with Crippen molar-refractivity contribution in [2.24, 2.45) is 11.7 Å². The first-order chi connectivity index (χ1) is 11.3. The molecule has 2 amide bonds. The molecule has 5 N–H and O–H groups in total. The number of nitrogens with two attached hydrogens (primary N) is 1.